The first-order valence-electron chi connectivity index (χ1n) is 28.3. The summed E-state index contributed by atoms with van der Waals surface area (Å²) >= 11 is 0. The predicted molar refractivity (Wildman–Crippen MR) is 337 cm³/mol. The Labute approximate surface area is 472 Å². The van der Waals surface area contributed by atoms with Crippen LogP contribution in [0, 0.1) is 16.2 Å². The number of hydrogen-bond acceptors (Lipinski definition) is 15. The fraction of sp³-hybridized carbons (Fsp3) is 0.438. The summed E-state index contributed by atoms with van der Waals surface area (Å²) in [4.78, 5) is 25.8. The largest absolute Gasteiger partial charge is 0.492 e. The van der Waals surface area contributed by atoms with Crippen LogP contribution in [0.5, 0.6) is 5.75 Å². The average Bonchev–Trinajstić information content (AvgIpc) is 3.98. The molecule has 7 rings (SSSR count). The quantitative estimate of drug-likeness (QED) is 0.0633. The zero-order valence-electron chi connectivity index (χ0n) is 50.1. The number of allylic oxidation sites excluding steroid dienone is 8. The summed E-state index contributed by atoms with van der Waals surface area (Å²) in [6.45, 7) is 34.5. The molecule has 79 heavy (non-hydrogen) atoms. The van der Waals surface area contributed by atoms with E-state index in [4.69, 9.17) is 51.1 Å². The Balaban J connectivity index is 0.000000218. The van der Waals surface area contributed by atoms with Crippen molar-refractivity contribution in [3.63, 3.8) is 0 Å². The van der Waals surface area contributed by atoms with Crippen molar-refractivity contribution >= 4 is 74.1 Å². The summed E-state index contributed by atoms with van der Waals surface area (Å²) < 4.78 is 16.9. The van der Waals surface area contributed by atoms with Gasteiger partial charge < -0.3 is 49.9 Å². The molecule has 15 heteroatoms. The maximum Gasteiger partial charge on any atom is 0.146 e. The van der Waals surface area contributed by atoms with E-state index in [0.29, 0.717) is 72.0 Å². The van der Waals surface area contributed by atoms with Gasteiger partial charge in [0.25, 0.3) is 0 Å². The highest BCUT2D eigenvalue weighted by molar-refractivity contribution is 6.24. The van der Waals surface area contributed by atoms with Gasteiger partial charge in [0.15, 0.2) is 0 Å². The number of nitrogens with one attached hydrogen (secondary N) is 3. The Morgan fingerprint density at radius 2 is 1.03 bits per heavy atom. The molecule has 4 aliphatic rings. The van der Waals surface area contributed by atoms with Gasteiger partial charge in [-0.3, -0.25) is 10.8 Å². The molecule has 1 heterocycles. The van der Waals surface area contributed by atoms with Crippen molar-refractivity contribution in [1.29, 1.82) is 16.2 Å². The number of benzene rings is 3. The van der Waals surface area contributed by atoms with Crippen LogP contribution in [0.25, 0.3) is 0 Å². The molecule has 1 saturated heterocycles. The van der Waals surface area contributed by atoms with Gasteiger partial charge in [-0.2, -0.15) is 0 Å². The van der Waals surface area contributed by atoms with Gasteiger partial charge in [-0.05, 0) is 193 Å². The van der Waals surface area contributed by atoms with Crippen LogP contribution in [0.1, 0.15) is 103 Å². The van der Waals surface area contributed by atoms with E-state index in [1.54, 1.807) is 12.2 Å². The molecule has 0 bridgehead atoms. The van der Waals surface area contributed by atoms with Crippen molar-refractivity contribution in [3.05, 3.63) is 131 Å². The number of rotatable bonds is 20. The summed E-state index contributed by atoms with van der Waals surface area (Å²) in [5.41, 5.74) is 20.7. The van der Waals surface area contributed by atoms with Crippen LogP contribution in [0.4, 0.5) is 39.8 Å². The van der Waals surface area contributed by atoms with E-state index in [9.17, 15) is 0 Å². The van der Waals surface area contributed by atoms with Crippen LogP contribution < -0.4 is 25.2 Å². The second-order valence-corrected chi connectivity index (χ2v) is 20.1. The summed E-state index contributed by atoms with van der Waals surface area (Å²) in [6, 6.07) is 21.5. The Hall–Kier alpha value is -7.68. The van der Waals surface area contributed by atoms with Gasteiger partial charge in [0, 0.05) is 95.0 Å². The second-order valence-electron chi connectivity index (χ2n) is 20.1. The molecule has 0 radical (unpaired) electrons. The van der Waals surface area contributed by atoms with E-state index in [1.807, 2.05) is 102 Å². The lowest BCUT2D eigenvalue weighted by atomic mass is 9.96. The lowest BCUT2D eigenvalue weighted by molar-refractivity contribution is 0.249. The van der Waals surface area contributed by atoms with Crippen LogP contribution in [-0.4, -0.2) is 129 Å². The Morgan fingerprint density at radius 1 is 0.557 bits per heavy atom. The molecule has 1 aliphatic heterocycles. The number of ether oxygens (including phenoxy) is 3. The lowest BCUT2D eigenvalue weighted by Gasteiger charge is -2.28. The van der Waals surface area contributed by atoms with Crippen LogP contribution in [0.2, 0.25) is 0 Å². The van der Waals surface area contributed by atoms with Crippen molar-refractivity contribution in [2.45, 2.75) is 115 Å². The fourth-order valence-electron chi connectivity index (χ4n) is 9.64. The molecule has 0 saturated carbocycles. The van der Waals surface area contributed by atoms with Gasteiger partial charge in [0.2, 0.25) is 0 Å². The van der Waals surface area contributed by atoms with Crippen molar-refractivity contribution < 1.29 is 14.2 Å². The number of anilines is 4. The molecule has 5 N–H and O–H groups in total. The highest BCUT2D eigenvalue weighted by atomic mass is 16.5. The maximum absolute atomic E-state index is 8.27. The number of nitrogens with two attached hydrogens (primary N) is 1. The lowest BCUT2D eigenvalue weighted by Crippen LogP contribution is -2.30. The minimum Gasteiger partial charge on any atom is -0.492 e. The average molecular weight is 1080 g/mol. The molecular weight excluding hydrogens is 985 g/mol. The zero-order valence-corrected chi connectivity index (χ0v) is 50.1. The topological polar surface area (TPSA) is 179 Å². The second kappa shape index (κ2) is 29.9. The van der Waals surface area contributed by atoms with Crippen molar-refractivity contribution in [1.82, 2.24) is 9.80 Å². The molecule has 1 fully saturated rings. The molecule has 0 amide bonds. The molecule has 0 aromatic heterocycles. The van der Waals surface area contributed by atoms with Gasteiger partial charge in [-0.25, -0.2) is 15.0 Å². The molecule has 0 spiro atoms. The zero-order chi connectivity index (χ0) is 57.9. The summed E-state index contributed by atoms with van der Waals surface area (Å²) in [7, 11) is 3.91. The van der Waals surface area contributed by atoms with Crippen LogP contribution >= 0.6 is 0 Å². The minimum atomic E-state index is 0.375. The molecule has 3 aliphatic carbocycles. The molecule has 3 aromatic carbocycles. The third-order valence-electron chi connectivity index (χ3n) is 14.0. The third kappa shape index (κ3) is 16.4. The summed E-state index contributed by atoms with van der Waals surface area (Å²) in [5, 5.41) is 24.3. The first-order valence-corrected chi connectivity index (χ1v) is 28.3. The first-order chi connectivity index (χ1) is 37.8. The molecule has 0 unspecified atom stereocenters. The first kappa shape index (κ1) is 62.2. The van der Waals surface area contributed by atoms with E-state index in [2.05, 4.69) is 111 Å². The highest BCUT2D eigenvalue weighted by Gasteiger charge is 2.23. The number of hydrogen-bond donors (Lipinski definition) is 4. The van der Waals surface area contributed by atoms with Gasteiger partial charge in [0.1, 0.15) is 17.3 Å². The van der Waals surface area contributed by atoms with Crippen LogP contribution in [0.3, 0.4) is 0 Å². The number of nitrogen functional groups attached to an aromatic ring is 1. The van der Waals surface area contributed by atoms with Crippen molar-refractivity contribution in [3.8, 4) is 5.75 Å². The van der Waals surface area contributed by atoms with E-state index in [0.717, 1.165) is 102 Å². The predicted octanol–water partition coefficient (Wildman–Crippen LogP) is 13.8. The van der Waals surface area contributed by atoms with E-state index in [-0.39, 0.29) is 0 Å². The molecular formula is C64H90N12O3. The monoisotopic (exact) mass is 1070 g/mol. The van der Waals surface area contributed by atoms with Crippen LogP contribution in [-0.2, 0) is 9.47 Å². The SMILES string of the molecule is CCOC1=CC(=Nc2ccc(N(CC)C(C)C)cc2)C(N(C)C)=CC1=N.CCOC1=CC(=Nc2ccc(N(CC)C(C)C)cc2)C(N(CC)CC)=CC1=N.CCOc1cc(N=C2C=CC(=N)C(C)=C2C)c(N2CCCC2)cc1N. The summed E-state index contributed by atoms with van der Waals surface area (Å²) in [5.74, 6) is 1.81. The third-order valence-corrected chi connectivity index (χ3v) is 14.0. The maximum atomic E-state index is 8.27. The normalized spacial score (nSPS) is 16.8. The Morgan fingerprint density at radius 3 is 1.46 bits per heavy atom. The molecule has 0 atom stereocenters. The molecule has 3 aromatic rings. The van der Waals surface area contributed by atoms with E-state index >= 15 is 0 Å². The minimum absolute atomic E-state index is 0.375. The van der Waals surface area contributed by atoms with Gasteiger partial charge in [0.05, 0.1) is 93.9 Å². The highest BCUT2D eigenvalue weighted by Crippen LogP contribution is 2.40. The van der Waals surface area contributed by atoms with Gasteiger partial charge >= 0.3 is 0 Å². The van der Waals surface area contributed by atoms with Gasteiger partial charge in [-0.1, -0.05) is 0 Å². The van der Waals surface area contributed by atoms with Crippen molar-refractivity contribution in [2.75, 3.05) is 93.6 Å². The van der Waals surface area contributed by atoms with E-state index < -0.39 is 0 Å². The number of aliphatic imine (C=N–C) groups is 3. The standard InChI is InChI=1S/C23H34N4O.C21H30N4O.C20H26N4O/c1-7-26(8-2)22-15-20(24)23(28-10-4)16-21(22)25-18-11-13-19(14-12-18)27(9-3)17(5)6;1-7-25(15(3)4)17-11-9-16(10-12-17)23-19-14-21(26-8-2)18(22)13-20(19)24(5)6;1-4-25-20-12-18(19(11-16(20)22)24-9-5-6-10-24)23-17-8-7-15(21)13(2)14(17)3/h11-17,24H,7-10H2,1-6H3;9-15,22H,7-8H2,1-6H3;7-8,11-12,21H,4-6,9-10,22H2,1-3H3. The Kier molecular flexibility index (Phi) is 23.5. The molecule has 424 valence electrons. The van der Waals surface area contributed by atoms with Crippen molar-refractivity contribution in [2.24, 2.45) is 15.0 Å². The smallest absolute Gasteiger partial charge is 0.146 e. The fourth-order valence-corrected chi connectivity index (χ4v) is 9.64. The number of nitrogens with zero attached hydrogens (tertiary/aromatic N) is 8. The summed E-state index contributed by atoms with van der Waals surface area (Å²) in [6.07, 6.45) is 13.5. The van der Waals surface area contributed by atoms with E-state index in [1.165, 1.54) is 24.2 Å². The molecule has 15 nitrogen and oxygen atoms in total. The Bertz CT molecular complexity index is 2890. The van der Waals surface area contributed by atoms with Crippen LogP contribution in [0.15, 0.2) is 146 Å². The van der Waals surface area contributed by atoms with Gasteiger partial charge in [-0.15, -0.1) is 0 Å².